The van der Waals surface area contributed by atoms with E-state index >= 15 is 0 Å². The molecule has 0 bridgehead atoms. The van der Waals surface area contributed by atoms with Crippen LogP contribution in [0.3, 0.4) is 0 Å². The Balaban J connectivity index is 1.19. The highest BCUT2D eigenvalue weighted by Crippen LogP contribution is 2.55. The van der Waals surface area contributed by atoms with Gasteiger partial charge in [0.15, 0.2) is 0 Å². The summed E-state index contributed by atoms with van der Waals surface area (Å²) in [6.45, 7) is 2.35. The lowest BCUT2D eigenvalue weighted by Gasteiger charge is -2.28. The number of furan rings is 1. The Hall–Kier alpha value is -6.71. The topological polar surface area (TPSA) is 31.0 Å². The molecular formula is C49H32N2O. The van der Waals surface area contributed by atoms with Crippen LogP contribution >= 0.6 is 0 Å². The van der Waals surface area contributed by atoms with Crippen LogP contribution in [0.1, 0.15) is 23.6 Å². The van der Waals surface area contributed by atoms with Crippen LogP contribution in [0.5, 0.6) is 0 Å². The average Bonchev–Trinajstić information content (AvgIpc) is 3.83. The summed E-state index contributed by atoms with van der Waals surface area (Å²) in [6, 6.07) is 62.9. The van der Waals surface area contributed by atoms with Gasteiger partial charge in [0, 0.05) is 44.2 Å². The molecule has 52 heavy (non-hydrogen) atoms. The maximum atomic E-state index is 7.03. The number of benzene rings is 7. The van der Waals surface area contributed by atoms with Gasteiger partial charge in [0.1, 0.15) is 17.0 Å². The Bertz CT molecular complexity index is 2950. The molecule has 1 aliphatic carbocycles. The van der Waals surface area contributed by atoms with Crippen molar-refractivity contribution in [3.8, 4) is 39.3 Å². The van der Waals surface area contributed by atoms with Crippen LogP contribution in [0.25, 0.3) is 83.1 Å². The number of aromatic nitrogens is 2. The van der Waals surface area contributed by atoms with Gasteiger partial charge < -0.3 is 4.42 Å². The fraction of sp³-hybridized carbons (Fsp3) is 0.0408. The largest absolute Gasteiger partial charge is 0.455 e. The van der Waals surface area contributed by atoms with E-state index in [4.69, 9.17) is 9.40 Å². The minimum Gasteiger partial charge on any atom is -0.455 e. The van der Waals surface area contributed by atoms with E-state index in [1.165, 1.54) is 38.6 Å². The van der Waals surface area contributed by atoms with Gasteiger partial charge in [-0.05, 0) is 64.6 Å². The highest BCUT2D eigenvalue weighted by molar-refractivity contribution is 6.19. The number of hydrogen-bond acceptors (Lipinski definition) is 2. The van der Waals surface area contributed by atoms with Gasteiger partial charge >= 0.3 is 0 Å². The normalized spacial score (nSPS) is 15.1. The molecule has 11 rings (SSSR count). The van der Waals surface area contributed by atoms with Crippen LogP contribution < -0.4 is 0 Å². The van der Waals surface area contributed by atoms with E-state index in [-0.39, 0.29) is 5.41 Å². The molecule has 0 N–H and O–H groups in total. The zero-order chi connectivity index (χ0) is 34.4. The molecule has 0 spiro atoms. The molecule has 0 saturated heterocycles. The van der Waals surface area contributed by atoms with Crippen molar-refractivity contribution in [2.45, 2.75) is 12.3 Å². The van der Waals surface area contributed by atoms with Crippen molar-refractivity contribution in [2.24, 2.45) is 0 Å². The lowest BCUT2D eigenvalue weighted by Crippen LogP contribution is -2.22. The highest BCUT2D eigenvalue weighted by Gasteiger charge is 2.42. The zero-order valence-electron chi connectivity index (χ0n) is 28.5. The standard InChI is InChI=1S/C49H32N2O/c1-49(34-19-9-4-10-20-34)40-23-13-11-22-37(40)47-41(49)26-25-36-39-29-38-35-21-12-14-24-43(35)51(44(38)30-45(39)52-48(36)47)46-28-33(31-15-5-2-6-16-31)27-42(50-46)32-17-7-3-8-18-32/h2-30H,1H3. The number of nitrogens with zero attached hydrogens (tertiary/aromatic N) is 2. The summed E-state index contributed by atoms with van der Waals surface area (Å²) in [6.07, 6.45) is 0. The molecule has 7 aromatic carbocycles. The average molecular weight is 665 g/mol. The van der Waals surface area contributed by atoms with Crippen molar-refractivity contribution >= 4 is 43.7 Å². The smallest absolute Gasteiger partial charge is 0.143 e. The van der Waals surface area contributed by atoms with Crippen molar-refractivity contribution in [1.82, 2.24) is 9.55 Å². The van der Waals surface area contributed by atoms with Crippen LogP contribution in [-0.2, 0) is 5.41 Å². The van der Waals surface area contributed by atoms with Gasteiger partial charge in [0.25, 0.3) is 0 Å². The van der Waals surface area contributed by atoms with Gasteiger partial charge in [0.05, 0.1) is 16.7 Å². The summed E-state index contributed by atoms with van der Waals surface area (Å²) >= 11 is 0. The van der Waals surface area contributed by atoms with Gasteiger partial charge in [-0.1, -0.05) is 146 Å². The molecule has 1 aliphatic rings. The van der Waals surface area contributed by atoms with E-state index in [1.54, 1.807) is 0 Å². The van der Waals surface area contributed by atoms with E-state index in [2.05, 4.69) is 181 Å². The summed E-state index contributed by atoms with van der Waals surface area (Å²) < 4.78 is 9.34. The minimum atomic E-state index is -0.288. The molecular weight excluding hydrogens is 633 g/mol. The van der Waals surface area contributed by atoms with Gasteiger partial charge in [-0.3, -0.25) is 4.57 Å². The lowest BCUT2D eigenvalue weighted by atomic mass is 9.74. The summed E-state index contributed by atoms with van der Waals surface area (Å²) in [5.74, 6) is 0.871. The first-order valence-corrected chi connectivity index (χ1v) is 17.9. The Morgan fingerprint density at radius 3 is 2.00 bits per heavy atom. The third-order valence-electron chi connectivity index (χ3n) is 11.3. The monoisotopic (exact) mass is 664 g/mol. The van der Waals surface area contributed by atoms with Crippen molar-refractivity contribution in [3.63, 3.8) is 0 Å². The fourth-order valence-electron chi connectivity index (χ4n) is 8.78. The third kappa shape index (κ3) is 4.05. The number of para-hydroxylation sites is 1. The first-order valence-electron chi connectivity index (χ1n) is 17.9. The van der Waals surface area contributed by atoms with Crippen LogP contribution in [0.2, 0.25) is 0 Å². The number of fused-ring (bicyclic) bond motifs is 10. The lowest BCUT2D eigenvalue weighted by molar-refractivity contribution is 0.667. The highest BCUT2D eigenvalue weighted by atomic mass is 16.3. The summed E-state index contributed by atoms with van der Waals surface area (Å²) in [7, 11) is 0. The SMILES string of the molecule is CC1(c2ccccc2)c2ccccc2-c2c1ccc1c2oc2cc3c(cc21)c1ccccc1n3-c1cc(-c2ccccc2)cc(-c2ccccc2)n1. The zero-order valence-corrected chi connectivity index (χ0v) is 28.5. The van der Waals surface area contributed by atoms with Gasteiger partial charge in [0.2, 0.25) is 0 Å². The number of pyridine rings is 1. The Morgan fingerprint density at radius 1 is 0.500 bits per heavy atom. The predicted octanol–water partition coefficient (Wildman–Crippen LogP) is 12.7. The molecule has 0 amide bonds. The number of rotatable bonds is 4. The second-order valence-electron chi connectivity index (χ2n) is 14.1. The summed E-state index contributed by atoms with van der Waals surface area (Å²) in [5, 5.41) is 4.62. The van der Waals surface area contributed by atoms with Crippen LogP contribution in [-0.4, -0.2) is 9.55 Å². The van der Waals surface area contributed by atoms with Crippen molar-refractivity contribution in [3.05, 3.63) is 193 Å². The second-order valence-corrected chi connectivity index (χ2v) is 14.1. The predicted molar refractivity (Wildman–Crippen MR) is 214 cm³/mol. The van der Waals surface area contributed by atoms with E-state index in [1.807, 2.05) is 6.07 Å². The van der Waals surface area contributed by atoms with E-state index in [0.717, 1.165) is 61.2 Å². The fourth-order valence-corrected chi connectivity index (χ4v) is 8.78. The molecule has 10 aromatic rings. The summed E-state index contributed by atoms with van der Waals surface area (Å²) in [4.78, 5) is 5.34. The first kappa shape index (κ1) is 29.1. The molecule has 3 heteroatoms. The maximum Gasteiger partial charge on any atom is 0.143 e. The van der Waals surface area contributed by atoms with E-state index < -0.39 is 0 Å². The second kappa shape index (κ2) is 10.9. The van der Waals surface area contributed by atoms with E-state index in [0.29, 0.717) is 0 Å². The molecule has 244 valence electrons. The summed E-state index contributed by atoms with van der Waals surface area (Å²) in [5.41, 5.74) is 14.3. The molecule has 3 heterocycles. The Labute approximate surface area is 301 Å². The van der Waals surface area contributed by atoms with E-state index in [9.17, 15) is 0 Å². The molecule has 3 nitrogen and oxygen atoms in total. The third-order valence-corrected chi connectivity index (χ3v) is 11.3. The molecule has 0 fully saturated rings. The molecule has 1 atom stereocenters. The van der Waals surface area contributed by atoms with Crippen molar-refractivity contribution in [1.29, 1.82) is 0 Å². The van der Waals surface area contributed by atoms with Crippen LogP contribution in [0.4, 0.5) is 0 Å². The van der Waals surface area contributed by atoms with Gasteiger partial charge in [-0.2, -0.15) is 0 Å². The van der Waals surface area contributed by atoms with Crippen LogP contribution in [0, 0.1) is 0 Å². The number of hydrogen-bond donors (Lipinski definition) is 0. The minimum absolute atomic E-state index is 0.288. The Morgan fingerprint density at radius 2 is 1.19 bits per heavy atom. The van der Waals surface area contributed by atoms with Gasteiger partial charge in [-0.15, -0.1) is 0 Å². The van der Waals surface area contributed by atoms with Gasteiger partial charge in [-0.25, -0.2) is 4.98 Å². The first-order chi connectivity index (χ1) is 25.7. The molecule has 0 radical (unpaired) electrons. The Kier molecular flexibility index (Phi) is 6.09. The van der Waals surface area contributed by atoms with Crippen LogP contribution in [0.15, 0.2) is 180 Å². The van der Waals surface area contributed by atoms with Crippen molar-refractivity contribution < 1.29 is 4.42 Å². The molecule has 0 aliphatic heterocycles. The van der Waals surface area contributed by atoms with Crippen molar-refractivity contribution in [2.75, 3.05) is 0 Å². The molecule has 0 saturated carbocycles. The molecule has 1 unspecified atom stereocenters. The molecule has 3 aromatic heterocycles. The quantitative estimate of drug-likeness (QED) is 0.187. The maximum absolute atomic E-state index is 7.03.